The molecule has 0 saturated carbocycles. The third-order valence-corrected chi connectivity index (χ3v) is 3.04. The predicted molar refractivity (Wildman–Crippen MR) is 72.4 cm³/mol. The summed E-state index contributed by atoms with van der Waals surface area (Å²) in [6, 6.07) is 5.68. The minimum absolute atomic E-state index is 0.0262. The van der Waals surface area contributed by atoms with Gasteiger partial charge in [0.2, 0.25) is 0 Å². The minimum atomic E-state index is -0.0262. The standard InChI is InChI=1S/C13H21ClN2O/c1-3-17-13-5-4-10(7-11(13)14)12(16)6-9(2)8-15/h4-5,7,9,12H,3,6,8,15-16H2,1-2H3. The van der Waals surface area contributed by atoms with E-state index in [1.54, 1.807) is 0 Å². The lowest BCUT2D eigenvalue weighted by Gasteiger charge is -2.17. The summed E-state index contributed by atoms with van der Waals surface area (Å²) in [7, 11) is 0. The number of halogens is 1. The Labute approximate surface area is 108 Å². The Morgan fingerprint density at radius 1 is 1.41 bits per heavy atom. The number of hydrogen-bond donors (Lipinski definition) is 2. The molecule has 2 unspecified atom stereocenters. The molecule has 0 aliphatic rings. The van der Waals surface area contributed by atoms with E-state index in [-0.39, 0.29) is 6.04 Å². The molecule has 1 aromatic rings. The average Bonchev–Trinajstić information content (AvgIpc) is 2.31. The van der Waals surface area contributed by atoms with Crippen molar-refractivity contribution in [2.45, 2.75) is 26.3 Å². The molecule has 3 nitrogen and oxygen atoms in total. The molecule has 0 fully saturated rings. The van der Waals surface area contributed by atoms with Gasteiger partial charge in [-0.3, -0.25) is 0 Å². The first kappa shape index (κ1) is 14.3. The fourth-order valence-corrected chi connectivity index (χ4v) is 1.93. The average molecular weight is 257 g/mol. The summed E-state index contributed by atoms with van der Waals surface area (Å²) >= 11 is 6.12. The van der Waals surface area contributed by atoms with Crippen LogP contribution in [0.3, 0.4) is 0 Å². The highest BCUT2D eigenvalue weighted by atomic mass is 35.5. The lowest BCUT2D eigenvalue weighted by Crippen LogP contribution is -2.19. The summed E-state index contributed by atoms with van der Waals surface area (Å²) in [5.74, 6) is 1.12. The monoisotopic (exact) mass is 256 g/mol. The van der Waals surface area contributed by atoms with Crippen LogP contribution >= 0.6 is 11.6 Å². The molecule has 0 aromatic heterocycles. The maximum atomic E-state index is 6.12. The van der Waals surface area contributed by atoms with E-state index in [0.717, 1.165) is 12.0 Å². The molecule has 17 heavy (non-hydrogen) atoms. The van der Waals surface area contributed by atoms with E-state index in [0.29, 0.717) is 29.8 Å². The van der Waals surface area contributed by atoms with Gasteiger partial charge >= 0.3 is 0 Å². The third-order valence-electron chi connectivity index (χ3n) is 2.74. The molecule has 0 aliphatic carbocycles. The lowest BCUT2D eigenvalue weighted by molar-refractivity contribution is 0.340. The highest BCUT2D eigenvalue weighted by Gasteiger charge is 2.12. The van der Waals surface area contributed by atoms with Crippen molar-refractivity contribution in [2.24, 2.45) is 17.4 Å². The summed E-state index contributed by atoms with van der Waals surface area (Å²) in [5, 5.41) is 0.611. The van der Waals surface area contributed by atoms with Gasteiger partial charge in [0.15, 0.2) is 0 Å². The summed E-state index contributed by atoms with van der Waals surface area (Å²) < 4.78 is 5.38. The van der Waals surface area contributed by atoms with E-state index < -0.39 is 0 Å². The van der Waals surface area contributed by atoms with Crippen molar-refractivity contribution in [3.8, 4) is 5.75 Å². The Bertz CT molecular complexity index is 357. The largest absolute Gasteiger partial charge is 0.492 e. The zero-order valence-corrected chi connectivity index (χ0v) is 11.2. The molecule has 0 radical (unpaired) electrons. The van der Waals surface area contributed by atoms with Crippen LogP contribution in [0, 0.1) is 5.92 Å². The Morgan fingerprint density at radius 3 is 2.65 bits per heavy atom. The number of benzene rings is 1. The van der Waals surface area contributed by atoms with E-state index in [2.05, 4.69) is 6.92 Å². The van der Waals surface area contributed by atoms with Crippen LogP contribution in [0.1, 0.15) is 31.9 Å². The second-order valence-electron chi connectivity index (χ2n) is 4.31. The lowest BCUT2D eigenvalue weighted by atomic mass is 9.97. The number of nitrogens with two attached hydrogens (primary N) is 2. The van der Waals surface area contributed by atoms with Gasteiger partial charge in [0.05, 0.1) is 11.6 Å². The van der Waals surface area contributed by atoms with E-state index in [1.165, 1.54) is 0 Å². The smallest absolute Gasteiger partial charge is 0.137 e. The minimum Gasteiger partial charge on any atom is -0.492 e. The van der Waals surface area contributed by atoms with Gasteiger partial charge in [-0.2, -0.15) is 0 Å². The van der Waals surface area contributed by atoms with E-state index in [9.17, 15) is 0 Å². The first-order valence-corrected chi connectivity index (χ1v) is 6.34. The molecule has 0 heterocycles. The van der Waals surface area contributed by atoms with Crippen LogP contribution < -0.4 is 16.2 Å². The van der Waals surface area contributed by atoms with Crippen LogP contribution in [0.15, 0.2) is 18.2 Å². The zero-order chi connectivity index (χ0) is 12.8. The molecule has 0 amide bonds. The maximum Gasteiger partial charge on any atom is 0.137 e. The Morgan fingerprint density at radius 2 is 2.12 bits per heavy atom. The van der Waals surface area contributed by atoms with Crippen molar-refractivity contribution in [3.05, 3.63) is 28.8 Å². The molecule has 4 heteroatoms. The van der Waals surface area contributed by atoms with Crippen LogP contribution in [0.25, 0.3) is 0 Å². The van der Waals surface area contributed by atoms with Gasteiger partial charge in [-0.15, -0.1) is 0 Å². The summed E-state index contributed by atoms with van der Waals surface area (Å²) in [4.78, 5) is 0. The summed E-state index contributed by atoms with van der Waals surface area (Å²) in [5.41, 5.74) is 12.7. The molecule has 0 spiro atoms. The molecule has 4 N–H and O–H groups in total. The number of hydrogen-bond acceptors (Lipinski definition) is 3. The van der Waals surface area contributed by atoms with Gasteiger partial charge in [-0.25, -0.2) is 0 Å². The van der Waals surface area contributed by atoms with Crippen molar-refractivity contribution < 1.29 is 4.74 Å². The second kappa shape index (κ2) is 6.84. The first-order valence-electron chi connectivity index (χ1n) is 5.96. The summed E-state index contributed by atoms with van der Waals surface area (Å²) in [6.07, 6.45) is 0.862. The van der Waals surface area contributed by atoms with Crippen molar-refractivity contribution in [2.75, 3.05) is 13.2 Å². The molecule has 2 atom stereocenters. The van der Waals surface area contributed by atoms with Crippen LogP contribution in [-0.2, 0) is 0 Å². The van der Waals surface area contributed by atoms with Crippen LogP contribution in [0.2, 0.25) is 5.02 Å². The molecule has 1 aromatic carbocycles. The van der Waals surface area contributed by atoms with Gasteiger partial charge in [-0.05, 0) is 43.5 Å². The van der Waals surface area contributed by atoms with Gasteiger partial charge in [0, 0.05) is 6.04 Å². The maximum absolute atomic E-state index is 6.12. The van der Waals surface area contributed by atoms with Gasteiger partial charge in [0.25, 0.3) is 0 Å². The fourth-order valence-electron chi connectivity index (χ4n) is 1.69. The molecule has 0 bridgehead atoms. The van der Waals surface area contributed by atoms with Crippen LogP contribution in [0.4, 0.5) is 0 Å². The third kappa shape index (κ3) is 4.19. The molecule has 0 saturated heterocycles. The van der Waals surface area contributed by atoms with E-state index >= 15 is 0 Å². The molecular weight excluding hydrogens is 236 g/mol. The molecule has 96 valence electrons. The number of rotatable bonds is 6. The summed E-state index contributed by atoms with van der Waals surface area (Å²) in [6.45, 7) is 5.28. The van der Waals surface area contributed by atoms with Crippen LogP contribution in [-0.4, -0.2) is 13.2 Å². The first-order chi connectivity index (χ1) is 8.08. The second-order valence-corrected chi connectivity index (χ2v) is 4.71. The van der Waals surface area contributed by atoms with Gasteiger partial charge < -0.3 is 16.2 Å². The molecule has 0 aliphatic heterocycles. The Kier molecular flexibility index (Phi) is 5.75. The molecular formula is C13H21ClN2O. The Hall–Kier alpha value is -0.770. The molecule has 1 rings (SSSR count). The normalized spacial score (nSPS) is 14.4. The van der Waals surface area contributed by atoms with Gasteiger partial charge in [0.1, 0.15) is 5.75 Å². The highest BCUT2D eigenvalue weighted by Crippen LogP contribution is 2.29. The van der Waals surface area contributed by atoms with Crippen LogP contribution in [0.5, 0.6) is 5.75 Å². The van der Waals surface area contributed by atoms with E-state index in [4.69, 9.17) is 27.8 Å². The van der Waals surface area contributed by atoms with Crippen molar-refractivity contribution in [3.63, 3.8) is 0 Å². The fraction of sp³-hybridized carbons (Fsp3) is 0.538. The number of ether oxygens (including phenoxy) is 1. The quantitative estimate of drug-likeness (QED) is 0.823. The van der Waals surface area contributed by atoms with E-state index in [1.807, 2.05) is 25.1 Å². The van der Waals surface area contributed by atoms with Crippen molar-refractivity contribution in [1.29, 1.82) is 0 Å². The highest BCUT2D eigenvalue weighted by molar-refractivity contribution is 6.32. The van der Waals surface area contributed by atoms with Gasteiger partial charge in [-0.1, -0.05) is 24.6 Å². The Balaban J connectivity index is 2.75. The van der Waals surface area contributed by atoms with Crippen molar-refractivity contribution in [1.82, 2.24) is 0 Å². The van der Waals surface area contributed by atoms with Crippen molar-refractivity contribution >= 4 is 11.6 Å². The SMILES string of the molecule is CCOc1ccc(C(N)CC(C)CN)cc1Cl. The predicted octanol–water partition coefficient (Wildman–Crippen LogP) is 2.72. The zero-order valence-electron chi connectivity index (χ0n) is 10.4. The topological polar surface area (TPSA) is 61.3 Å².